The van der Waals surface area contributed by atoms with Crippen molar-refractivity contribution in [2.24, 2.45) is 0 Å². The van der Waals surface area contributed by atoms with Gasteiger partial charge in [0.25, 0.3) is 0 Å². The molecule has 8 heteroatoms. The number of ether oxygens (including phenoxy) is 1. The number of alkyl halides is 4. The van der Waals surface area contributed by atoms with Gasteiger partial charge in [0, 0.05) is 0 Å². The lowest BCUT2D eigenvalue weighted by atomic mass is 10.1. The van der Waals surface area contributed by atoms with Crippen LogP contribution in [0.1, 0.15) is 23.0 Å². The van der Waals surface area contributed by atoms with Crippen LogP contribution in [0.3, 0.4) is 0 Å². The van der Waals surface area contributed by atoms with Crippen LogP contribution in [0.2, 0.25) is 0 Å². The van der Waals surface area contributed by atoms with E-state index in [0.29, 0.717) is 5.56 Å². The highest BCUT2D eigenvalue weighted by atomic mass is 79.9. The molecule has 0 aliphatic carbocycles. The van der Waals surface area contributed by atoms with Crippen molar-refractivity contribution >= 4 is 33.7 Å². The second-order valence-corrected chi connectivity index (χ2v) is 5.90. The molecule has 0 saturated heterocycles. The van der Waals surface area contributed by atoms with Crippen molar-refractivity contribution in [3.05, 3.63) is 23.4 Å². The zero-order chi connectivity index (χ0) is 14.2. The van der Waals surface area contributed by atoms with Crippen molar-refractivity contribution in [1.29, 1.82) is 0 Å². The molecule has 2 atom stereocenters. The van der Waals surface area contributed by atoms with E-state index in [1.165, 1.54) is 6.07 Å². The number of esters is 1. The Morgan fingerprint density at radius 3 is 2.79 bits per heavy atom. The quantitative estimate of drug-likeness (QED) is 0.600. The SMILES string of the molecule is CCOC(=O)C1Sc2nc(C(F)(F)F)ccc2C1Br. The molecule has 0 fully saturated rings. The fourth-order valence-electron chi connectivity index (χ4n) is 1.65. The molecule has 0 amide bonds. The number of halogens is 4. The summed E-state index contributed by atoms with van der Waals surface area (Å²) in [5.74, 6) is -0.457. The summed E-state index contributed by atoms with van der Waals surface area (Å²) in [5, 5.41) is -0.388. The van der Waals surface area contributed by atoms with E-state index in [4.69, 9.17) is 4.74 Å². The van der Waals surface area contributed by atoms with Gasteiger partial charge in [-0.05, 0) is 18.6 Å². The number of aromatic nitrogens is 1. The highest BCUT2D eigenvalue weighted by Crippen LogP contribution is 2.48. The zero-order valence-electron chi connectivity index (χ0n) is 9.70. The highest BCUT2D eigenvalue weighted by Gasteiger charge is 2.41. The van der Waals surface area contributed by atoms with Gasteiger partial charge in [-0.3, -0.25) is 4.79 Å². The van der Waals surface area contributed by atoms with Gasteiger partial charge in [0.1, 0.15) is 16.0 Å². The number of pyridine rings is 1. The molecule has 0 radical (unpaired) electrons. The largest absolute Gasteiger partial charge is 0.465 e. The van der Waals surface area contributed by atoms with Crippen molar-refractivity contribution in [3.8, 4) is 0 Å². The number of fused-ring (bicyclic) bond motifs is 1. The molecule has 1 aliphatic heterocycles. The topological polar surface area (TPSA) is 39.2 Å². The first kappa shape index (κ1) is 14.6. The average molecular weight is 356 g/mol. The van der Waals surface area contributed by atoms with Gasteiger partial charge >= 0.3 is 12.1 Å². The summed E-state index contributed by atoms with van der Waals surface area (Å²) in [6, 6.07) is 2.26. The predicted molar refractivity (Wildman–Crippen MR) is 67.2 cm³/mol. The van der Waals surface area contributed by atoms with Gasteiger partial charge in [0.15, 0.2) is 0 Å². The lowest BCUT2D eigenvalue weighted by molar-refractivity contribution is -0.142. The molecule has 0 N–H and O–H groups in total. The Kier molecular flexibility index (Phi) is 4.10. The molecule has 0 aromatic carbocycles. The minimum absolute atomic E-state index is 0.217. The average Bonchev–Trinajstić information content (AvgIpc) is 2.66. The van der Waals surface area contributed by atoms with Crippen LogP contribution in [-0.2, 0) is 15.7 Å². The molecular weight excluding hydrogens is 347 g/mol. The molecule has 0 saturated carbocycles. The number of hydrogen-bond donors (Lipinski definition) is 0. The molecule has 3 nitrogen and oxygen atoms in total. The van der Waals surface area contributed by atoms with Crippen LogP contribution in [0, 0.1) is 0 Å². The van der Waals surface area contributed by atoms with E-state index in [-0.39, 0.29) is 16.5 Å². The third-order valence-electron chi connectivity index (χ3n) is 2.50. The van der Waals surface area contributed by atoms with E-state index in [0.717, 1.165) is 17.8 Å². The van der Waals surface area contributed by atoms with Crippen LogP contribution in [0.25, 0.3) is 0 Å². The minimum Gasteiger partial charge on any atom is -0.465 e. The molecule has 2 rings (SSSR count). The first-order valence-electron chi connectivity index (χ1n) is 5.40. The number of carbonyl (C=O) groups is 1. The summed E-state index contributed by atoms with van der Waals surface area (Å²) in [6.07, 6.45) is -4.49. The third kappa shape index (κ3) is 2.89. The fourth-order valence-corrected chi connectivity index (χ4v) is 3.86. The molecule has 104 valence electrons. The maximum absolute atomic E-state index is 12.6. The first-order chi connectivity index (χ1) is 8.84. The molecule has 2 unspecified atom stereocenters. The second kappa shape index (κ2) is 5.32. The van der Waals surface area contributed by atoms with Gasteiger partial charge in [0.2, 0.25) is 0 Å². The highest BCUT2D eigenvalue weighted by molar-refractivity contribution is 9.09. The number of hydrogen-bond acceptors (Lipinski definition) is 4. The van der Waals surface area contributed by atoms with Gasteiger partial charge in [-0.1, -0.05) is 33.8 Å². The van der Waals surface area contributed by atoms with Crippen LogP contribution in [0.15, 0.2) is 17.2 Å². The molecule has 19 heavy (non-hydrogen) atoms. The maximum Gasteiger partial charge on any atom is 0.433 e. The fraction of sp³-hybridized carbons (Fsp3) is 0.455. The number of carbonyl (C=O) groups excluding carboxylic acids is 1. The van der Waals surface area contributed by atoms with Crippen LogP contribution < -0.4 is 0 Å². The maximum atomic E-state index is 12.6. The Morgan fingerprint density at radius 1 is 1.53 bits per heavy atom. The molecule has 1 aromatic heterocycles. The van der Waals surface area contributed by atoms with Gasteiger partial charge in [-0.25, -0.2) is 4.98 Å². The van der Waals surface area contributed by atoms with E-state index in [2.05, 4.69) is 20.9 Å². The van der Waals surface area contributed by atoms with Crippen molar-refractivity contribution in [1.82, 2.24) is 4.98 Å². The molecule has 1 aromatic rings. The Morgan fingerprint density at radius 2 is 2.21 bits per heavy atom. The van der Waals surface area contributed by atoms with Gasteiger partial charge < -0.3 is 4.74 Å². The number of nitrogens with zero attached hydrogens (tertiary/aromatic N) is 1. The van der Waals surface area contributed by atoms with Crippen LogP contribution >= 0.6 is 27.7 Å². The number of rotatable bonds is 2. The summed E-state index contributed by atoms with van der Waals surface area (Å²) in [6.45, 7) is 1.90. The summed E-state index contributed by atoms with van der Waals surface area (Å²) >= 11 is 4.30. The van der Waals surface area contributed by atoms with Crippen LogP contribution in [0.5, 0.6) is 0 Å². The van der Waals surface area contributed by atoms with Gasteiger partial charge in [0.05, 0.1) is 11.4 Å². The standard InChI is InChI=1S/C11H9BrF3NO2S/c1-2-18-10(17)8-7(12)5-3-4-6(11(13,14)15)16-9(5)19-8/h3-4,7-8H,2H2,1H3. The smallest absolute Gasteiger partial charge is 0.433 e. The van der Waals surface area contributed by atoms with Crippen molar-refractivity contribution in [2.75, 3.05) is 6.61 Å². The van der Waals surface area contributed by atoms with E-state index in [9.17, 15) is 18.0 Å². The zero-order valence-corrected chi connectivity index (χ0v) is 12.1. The number of thioether (sulfide) groups is 1. The summed E-state index contributed by atoms with van der Waals surface area (Å²) in [4.78, 5) is 14.9. The molecular formula is C11H9BrF3NO2S. The lowest BCUT2D eigenvalue weighted by Crippen LogP contribution is -2.21. The summed E-state index contributed by atoms with van der Waals surface area (Å²) < 4.78 is 42.5. The van der Waals surface area contributed by atoms with Crippen LogP contribution in [-0.4, -0.2) is 22.8 Å². The Bertz CT molecular complexity index is 509. The van der Waals surface area contributed by atoms with Gasteiger partial charge in [-0.15, -0.1) is 0 Å². The van der Waals surface area contributed by atoms with Crippen molar-refractivity contribution in [2.45, 2.75) is 28.2 Å². The molecule has 0 spiro atoms. The molecule has 1 aliphatic rings. The Labute approximate surface area is 120 Å². The first-order valence-corrected chi connectivity index (χ1v) is 7.19. The van der Waals surface area contributed by atoms with Crippen molar-refractivity contribution < 1.29 is 22.7 Å². The normalized spacial score (nSPS) is 22.2. The van der Waals surface area contributed by atoms with E-state index in [1.807, 2.05) is 0 Å². The van der Waals surface area contributed by atoms with Gasteiger partial charge in [-0.2, -0.15) is 13.2 Å². The second-order valence-electron chi connectivity index (χ2n) is 3.78. The van der Waals surface area contributed by atoms with E-state index < -0.39 is 23.1 Å². The Hall–Kier alpha value is -0.760. The third-order valence-corrected chi connectivity index (χ3v) is 5.14. The molecule has 0 bridgehead atoms. The lowest BCUT2D eigenvalue weighted by Gasteiger charge is -2.11. The van der Waals surface area contributed by atoms with E-state index >= 15 is 0 Å². The minimum atomic E-state index is -4.49. The van der Waals surface area contributed by atoms with Crippen molar-refractivity contribution in [3.63, 3.8) is 0 Å². The Balaban J connectivity index is 2.28. The summed E-state index contributed by atoms with van der Waals surface area (Å²) in [7, 11) is 0. The summed E-state index contributed by atoms with van der Waals surface area (Å²) in [5.41, 5.74) is -0.376. The molecule has 2 heterocycles. The van der Waals surface area contributed by atoms with E-state index in [1.54, 1.807) is 6.92 Å². The van der Waals surface area contributed by atoms with Crippen LogP contribution in [0.4, 0.5) is 13.2 Å². The predicted octanol–water partition coefficient (Wildman–Crippen LogP) is 3.57. The monoisotopic (exact) mass is 355 g/mol.